The maximum atomic E-state index is 2.58. The lowest BCUT2D eigenvalue weighted by Gasteiger charge is -2.30. The van der Waals surface area contributed by atoms with Crippen molar-refractivity contribution in [3.63, 3.8) is 0 Å². The Morgan fingerprint density at radius 3 is 0.875 bits per heavy atom. The lowest BCUT2D eigenvalue weighted by atomic mass is 9.79. The molecule has 7 aromatic rings. The van der Waals surface area contributed by atoms with E-state index in [9.17, 15) is 0 Å². The summed E-state index contributed by atoms with van der Waals surface area (Å²) >= 11 is 0. The first-order chi connectivity index (χ1) is 30.4. The molecule has 0 amide bonds. The molecule has 0 aliphatic heterocycles. The van der Waals surface area contributed by atoms with Crippen LogP contribution in [0.5, 0.6) is 0 Å². The Morgan fingerprint density at radius 1 is 0.328 bits per heavy atom. The lowest BCUT2D eigenvalue weighted by Crippen LogP contribution is -2.18. The van der Waals surface area contributed by atoms with Gasteiger partial charge in [-0.3, -0.25) is 0 Å². The van der Waals surface area contributed by atoms with Gasteiger partial charge in [-0.05, 0) is 200 Å². The minimum absolute atomic E-state index is 0.202. The molecule has 0 radical (unpaired) electrons. The molecule has 0 fully saturated rings. The highest BCUT2D eigenvalue weighted by molar-refractivity contribution is 5.94. The molecule has 0 aromatic heterocycles. The van der Waals surface area contributed by atoms with Crippen LogP contribution in [0.3, 0.4) is 0 Å². The quantitative estimate of drug-likeness (QED) is 0.135. The normalized spacial score (nSPS) is 14.3. The monoisotopic (exact) mass is 841 g/mol. The summed E-state index contributed by atoms with van der Waals surface area (Å²) in [6, 6.07) is 51.7. The largest absolute Gasteiger partial charge is 0.310 e. The molecule has 9 rings (SSSR count). The van der Waals surface area contributed by atoms with Crippen molar-refractivity contribution in [2.24, 2.45) is 0 Å². The van der Waals surface area contributed by atoms with E-state index in [0.29, 0.717) is 23.7 Å². The van der Waals surface area contributed by atoms with E-state index >= 15 is 0 Å². The van der Waals surface area contributed by atoms with Crippen molar-refractivity contribution < 1.29 is 0 Å². The minimum atomic E-state index is -0.202. The van der Waals surface area contributed by atoms with E-state index in [1.54, 1.807) is 0 Å². The van der Waals surface area contributed by atoms with Crippen molar-refractivity contribution in [3.8, 4) is 22.3 Å². The molecule has 7 aromatic carbocycles. The predicted octanol–water partition coefficient (Wildman–Crippen LogP) is 18.3. The van der Waals surface area contributed by atoms with Crippen molar-refractivity contribution in [2.45, 2.75) is 131 Å². The first-order valence-electron chi connectivity index (χ1n) is 23.9. The maximum absolute atomic E-state index is 2.58. The third-order valence-electron chi connectivity index (χ3n) is 14.7. The molecule has 64 heavy (non-hydrogen) atoms. The van der Waals surface area contributed by atoms with Gasteiger partial charge in [0, 0.05) is 45.0 Å². The summed E-state index contributed by atoms with van der Waals surface area (Å²) in [7, 11) is 0. The first kappa shape index (κ1) is 43.4. The number of nitrogens with zero attached hydrogens (tertiary/aromatic N) is 2. The Hall–Kier alpha value is -5.86. The number of rotatable bonds is 10. The molecule has 0 atom stereocenters. The smallest absolute Gasteiger partial charge is 0.0467 e. The summed E-state index contributed by atoms with van der Waals surface area (Å²) in [6.45, 7) is 32.7. The number of hydrogen-bond acceptors (Lipinski definition) is 2. The van der Waals surface area contributed by atoms with E-state index in [1.807, 2.05) is 0 Å². The molecule has 0 unspecified atom stereocenters. The zero-order valence-corrected chi connectivity index (χ0v) is 40.9. The maximum Gasteiger partial charge on any atom is 0.0467 e. The molecule has 2 heteroatoms. The van der Waals surface area contributed by atoms with Crippen molar-refractivity contribution in [1.82, 2.24) is 0 Å². The molecule has 2 aliphatic carbocycles. The molecule has 0 N–H and O–H groups in total. The highest BCUT2D eigenvalue weighted by atomic mass is 15.1. The Balaban J connectivity index is 1.18. The molecule has 0 saturated carbocycles. The highest BCUT2D eigenvalue weighted by Gasteiger charge is 2.43. The van der Waals surface area contributed by atoms with Crippen molar-refractivity contribution >= 4 is 34.1 Å². The van der Waals surface area contributed by atoms with Gasteiger partial charge in [0.15, 0.2) is 0 Å². The fourth-order valence-corrected chi connectivity index (χ4v) is 10.8. The van der Waals surface area contributed by atoms with E-state index in [4.69, 9.17) is 0 Å². The van der Waals surface area contributed by atoms with E-state index in [0.717, 1.165) is 0 Å². The highest BCUT2D eigenvalue weighted by Crippen LogP contribution is 2.59. The third-order valence-corrected chi connectivity index (χ3v) is 14.7. The summed E-state index contributed by atoms with van der Waals surface area (Å²) in [4.78, 5) is 4.98. The van der Waals surface area contributed by atoms with Crippen LogP contribution in [0.1, 0.15) is 162 Å². The molecule has 0 spiro atoms. The van der Waals surface area contributed by atoms with Crippen molar-refractivity contribution in [3.05, 3.63) is 189 Å². The molecule has 2 nitrogen and oxygen atoms in total. The molecule has 0 heterocycles. The predicted molar refractivity (Wildman–Crippen MR) is 277 cm³/mol. The molecular formula is C62H68N2. The summed E-state index contributed by atoms with van der Waals surface area (Å²) in [5, 5.41) is 0. The Labute approximate surface area is 385 Å². The van der Waals surface area contributed by atoms with Gasteiger partial charge in [0.25, 0.3) is 0 Å². The fourth-order valence-electron chi connectivity index (χ4n) is 10.8. The zero-order chi connectivity index (χ0) is 45.6. The van der Waals surface area contributed by atoms with Gasteiger partial charge in [-0.25, -0.2) is 0 Å². The van der Waals surface area contributed by atoms with Gasteiger partial charge in [-0.1, -0.05) is 132 Å². The van der Waals surface area contributed by atoms with Gasteiger partial charge in [-0.15, -0.1) is 0 Å². The average Bonchev–Trinajstić information content (AvgIpc) is 3.62. The summed E-state index contributed by atoms with van der Waals surface area (Å²) < 4.78 is 0. The van der Waals surface area contributed by atoms with E-state index in [2.05, 4.69) is 240 Å². The van der Waals surface area contributed by atoms with Crippen LogP contribution in [0.4, 0.5) is 34.1 Å². The van der Waals surface area contributed by atoms with Gasteiger partial charge in [0.2, 0.25) is 0 Å². The Kier molecular flexibility index (Phi) is 10.8. The van der Waals surface area contributed by atoms with Crippen LogP contribution in [0.2, 0.25) is 0 Å². The van der Waals surface area contributed by atoms with Crippen LogP contribution in [0.25, 0.3) is 22.3 Å². The van der Waals surface area contributed by atoms with Gasteiger partial charge in [0.05, 0.1) is 0 Å². The second-order valence-corrected chi connectivity index (χ2v) is 21.2. The summed E-state index contributed by atoms with van der Waals surface area (Å²) in [5.74, 6) is 1.75. The van der Waals surface area contributed by atoms with Gasteiger partial charge >= 0.3 is 0 Å². The number of hydrogen-bond donors (Lipinski definition) is 0. The number of benzene rings is 7. The van der Waals surface area contributed by atoms with Crippen LogP contribution in [0.15, 0.2) is 133 Å². The van der Waals surface area contributed by atoms with Crippen molar-refractivity contribution in [2.75, 3.05) is 9.80 Å². The number of aryl methyl sites for hydroxylation is 2. The van der Waals surface area contributed by atoms with Gasteiger partial charge in [-0.2, -0.15) is 0 Å². The average molecular weight is 841 g/mol. The van der Waals surface area contributed by atoms with Gasteiger partial charge < -0.3 is 9.80 Å². The summed E-state index contributed by atoms with van der Waals surface area (Å²) in [6.07, 6.45) is 0. The minimum Gasteiger partial charge on any atom is -0.310 e. The van der Waals surface area contributed by atoms with Crippen LogP contribution in [-0.4, -0.2) is 0 Å². The zero-order valence-electron chi connectivity index (χ0n) is 40.9. The van der Waals surface area contributed by atoms with E-state index in [1.165, 1.54) is 112 Å². The van der Waals surface area contributed by atoms with Crippen LogP contribution < -0.4 is 9.80 Å². The van der Waals surface area contributed by atoms with Gasteiger partial charge in [0.1, 0.15) is 0 Å². The Morgan fingerprint density at radius 2 is 0.609 bits per heavy atom. The lowest BCUT2D eigenvalue weighted by molar-refractivity contribution is 0.652. The number of anilines is 6. The molecule has 2 aliphatic rings. The van der Waals surface area contributed by atoms with E-state index < -0.39 is 0 Å². The van der Waals surface area contributed by atoms with Crippen LogP contribution in [0, 0.1) is 13.8 Å². The molecule has 0 saturated heterocycles. The standard InChI is InChI=1S/C62H68N2/c1-37(2)43-19-15-23-47(29-43)63(48-24-16-20-44(30-48)38(3)4)51-27-41(9)59-53-35-56-54(36-55(53)61(11,12)57(59)33-51)60-42(10)28-52(34-58(60)62(56,13)14)64(49-25-17-21-45(31-49)39(5)6)50-26-18-22-46(32-50)40(7)8/h15-40H,1-14H3. The Bertz CT molecular complexity index is 2630. The fraction of sp³-hybridized carbons (Fsp3) is 0.323. The third kappa shape index (κ3) is 7.18. The molecule has 0 bridgehead atoms. The topological polar surface area (TPSA) is 6.48 Å². The number of fused-ring (bicyclic) bond motifs is 6. The van der Waals surface area contributed by atoms with Crippen LogP contribution in [-0.2, 0) is 10.8 Å². The first-order valence-corrected chi connectivity index (χ1v) is 23.9. The SMILES string of the molecule is Cc1cc(N(c2cccc(C(C)C)c2)c2cccc(C(C)C)c2)cc2c1-c1cc3c(cc1C2(C)C)-c1c(C)cc(N(c2cccc(C(C)C)c2)c2cccc(C(C)C)c2)cc1C3(C)C. The van der Waals surface area contributed by atoms with Crippen molar-refractivity contribution in [1.29, 1.82) is 0 Å². The molecule has 326 valence electrons. The van der Waals surface area contributed by atoms with Crippen LogP contribution >= 0.6 is 0 Å². The molecular weight excluding hydrogens is 773 g/mol. The second-order valence-electron chi connectivity index (χ2n) is 21.2. The van der Waals surface area contributed by atoms with E-state index in [-0.39, 0.29) is 10.8 Å². The second kappa shape index (κ2) is 16.0. The summed E-state index contributed by atoms with van der Waals surface area (Å²) in [5.41, 5.74) is 26.0.